The van der Waals surface area contributed by atoms with Gasteiger partial charge in [-0.15, -0.1) is 11.6 Å². The second-order valence-electron chi connectivity index (χ2n) is 6.36. The van der Waals surface area contributed by atoms with E-state index in [-0.39, 0.29) is 17.8 Å². The molecule has 1 atom stereocenters. The van der Waals surface area contributed by atoms with Gasteiger partial charge < -0.3 is 21.8 Å². The second-order valence-corrected chi connectivity index (χ2v) is 6.36. The van der Waals surface area contributed by atoms with Crippen LogP contribution in [-0.2, 0) is 0 Å². The molecule has 0 saturated carbocycles. The summed E-state index contributed by atoms with van der Waals surface area (Å²) in [6.45, 7) is 0.995. The van der Waals surface area contributed by atoms with E-state index < -0.39 is 0 Å². The number of nitrogens with one attached hydrogen (secondary N) is 2. The molecular formula is C21H26ClFN4O. The summed E-state index contributed by atoms with van der Waals surface area (Å²) in [5.74, 6) is -0.476. The van der Waals surface area contributed by atoms with Crippen LogP contribution in [0.3, 0.4) is 0 Å². The van der Waals surface area contributed by atoms with Gasteiger partial charge in [0.25, 0.3) is 5.91 Å². The molecule has 5 nitrogen and oxygen atoms in total. The van der Waals surface area contributed by atoms with Crippen molar-refractivity contribution < 1.29 is 9.18 Å². The highest BCUT2D eigenvalue weighted by molar-refractivity contribution is 6.15. The summed E-state index contributed by atoms with van der Waals surface area (Å²) in [4.78, 5) is 15.5. The highest BCUT2D eigenvalue weighted by atomic mass is 35.5. The lowest BCUT2D eigenvalue weighted by molar-refractivity contribution is 0.0946. The summed E-state index contributed by atoms with van der Waals surface area (Å²) in [7, 11) is 0. The first kappa shape index (κ1) is 21.9. The topological polar surface area (TPSA) is 96.9 Å². The standard InChI is InChI=1S/C20H23FN4O.CH3Cl/c21-14-8-6-13(7-9-14)16-4-1-5-18-17(16)11-19(25-18)20(26)24-12-15(23)3-2-10-22;1-2/h1,4-9,11,15,25H,2-3,10,12,22-23H2,(H,24,26);1H3. The van der Waals surface area contributed by atoms with Crippen LogP contribution in [0.4, 0.5) is 4.39 Å². The third-order valence-electron chi connectivity index (χ3n) is 4.37. The van der Waals surface area contributed by atoms with E-state index >= 15 is 0 Å². The molecule has 0 aliphatic carbocycles. The Morgan fingerprint density at radius 2 is 1.93 bits per heavy atom. The molecule has 2 aromatic carbocycles. The van der Waals surface area contributed by atoms with E-state index in [1.54, 1.807) is 12.1 Å². The molecule has 0 spiro atoms. The van der Waals surface area contributed by atoms with Gasteiger partial charge >= 0.3 is 0 Å². The van der Waals surface area contributed by atoms with Crippen molar-refractivity contribution in [2.24, 2.45) is 11.5 Å². The second kappa shape index (κ2) is 10.8. The lowest BCUT2D eigenvalue weighted by Crippen LogP contribution is -2.37. The first-order valence-electron chi connectivity index (χ1n) is 9.08. The number of hydrogen-bond acceptors (Lipinski definition) is 3. The third kappa shape index (κ3) is 5.55. The number of halogens is 2. The van der Waals surface area contributed by atoms with Crippen LogP contribution in [-0.4, -0.2) is 36.4 Å². The lowest BCUT2D eigenvalue weighted by atomic mass is 10.0. The van der Waals surface area contributed by atoms with Crippen molar-refractivity contribution >= 4 is 28.4 Å². The number of aromatic amines is 1. The monoisotopic (exact) mass is 404 g/mol. The van der Waals surface area contributed by atoms with Gasteiger partial charge in [0.2, 0.25) is 0 Å². The fourth-order valence-electron chi connectivity index (χ4n) is 2.96. The van der Waals surface area contributed by atoms with Crippen molar-refractivity contribution in [2.45, 2.75) is 18.9 Å². The molecular weight excluding hydrogens is 379 g/mol. The van der Waals surface area contributed by atoms with Crippen LogP contribution >= 0.6 is 11.6 Å². The minimum absolute atomic E-state index is 0.110. The number of alkyl halides is 1. The summed E-state index contributed by atoms with van der Waals surface area (Å²) < 4.78 is 13.2. The third-order valence-corrected chi connectivity index (χ3v) is 4.37. The van der Waals surface area contributed by atoms with Crippen LogP contribution in [0.5, 0.6) is 0 Å². The molecule has 3 aromatic rings. The summed E-state index contributed by atoms with van der Waals surface area (Å²) in [6.07, 6.45) is 3.09. The van der Waals surface area contributed by atoms with Crippen LogP contribution in [0.2, 0.25) is 0 Å². The molecule has 1 unspecified atom stereocenters. The van der Waals surface area contributed by atoms with E-state index in [4.69, 9.17) is 11.5 Å². The Hall–Kier alpha value is -2.41. The van der Waals surface area contributed by atoms with Gasteiger partial charge in [-0.3, -0.25) is 4.79 Å². The predicted octanol–water partition coefficient (Wildman–Crippen LogP) is 3.63. The van der Waals surface area contributed by atoms with Gasteiger partial charge in [-0.25, -0.2) is 4.39 Å². The molecule has 0 aliphatic rings. The summed E-state index contributed by atoms with van der Waals surface area (Å²) in [6, 6.07) is 13.8. The molecule has 0 radical (unpaired) electrons. The molecule has 6 N–H and O–H groups in total. The van der Waals surface area contributed by atoms with E-state index in [0.717, 1.165) is 34.9 Å². The van der Waals surface area contributed by atoms with Crippen molar-refractivity contribution in [3.05, 3.63) is 60.0 Å². The van der Waals surface area contributed by atoms with Gasteiger partial charge in [0, 0.05) is 29.9 Å². The number of aromatic nitrogens is 1. The Balaban J connectivity index is 0.00000136. The van der Waals surface area contributed by atoms with Crippen LogP contribution in [0.15, 0.2) is 48.5 Å². The van der Waals surface area contributed by atoms with E-state index in [9.17, 15) is 9.18 Å². The minimum Gasteiger partial charge on any atom is -0.351 e. The molecule has 0 fully saturated rings. The molecule has 0 bridgehead atoms. The van der Waals surface area contributed by atoms with Crippen LogP contribution in [0, 0.1) is 5.82 Å². The zero-order chi connectivity index (χ0) is 20.5. The van der Waals surface area contributed by atoms with Gasteiger partial charge in [0.1, 0.15) is 11.5 Å². The van der Waals surface area contributed by atoms with Gasteiger partial charge in [0.05, 0.1) is 0 Å². The Kier molecular flexibility index (Phi) is 8.44. The number of amides is 1. The van der Waals surface area contributed by atoms with Crippen molar-refractivity contribution in [2.75, 3.05) is 19.5 Å². The van der Waals surface area contributed by atoms with Gasteiger partial charge in [0.15, 0.2) is 0 Å². The fourth-order valence-corrected chi connectivity index (χ4v) is 2.96. The van der Waals surface area contributed by atoms with Crippen molar-refractivity contribution in [1.29, 1.82) is 0 Å². The zero-order valence-corrected chi connectivity index (χ0v) is 16.6. The molecule has 150 valence electrons. The summed E-state index contributed by atoms with van der Waals surface area (Å²) in [5.41, 5.74) is 14.6. The molecule has 28 heavy (non-hydrogen) atoms. The Morgan fingerprint density at radius 3 is 2.61 bits per heavy atom. The number of fused-ring (bicyclic) bond motifs is 1. The van der Waals surface area contributed by atoms with Gasteiger partial charge in [-0.05, 0) is 54.8 Å². The van der Waals surface area contributed by atoms with E-state index in [1.807, 2.05) is 24.3 Å². The number of nitrogens with two attached hydrogens (primary N) is 2. The maximum atomic E-state index is 13.2. The van der Waals surface area contributed by atoms with Gasteiger partial charge in [-0.2, -0.15) is 0 Å². The first-order chi connectivity index (χ1) is 13.6. The van der Waals surface area contributed by atoms with Crippen LogP contribution in [0.25, 0.3) is 22.0 Å². The molecule has 7 heteroatoms. The number of rotatable bonds is 7. The van der Waals surface area contributed by atoms with Gasteiger partial charge in [-0.1, -0.05) is 24.3 Å². The normalized spacial score (nSPS) is 11.6. The minimum atomic E-state index is -0.277. The first-order valence-corrected chi connectivity index (χ1v) is 9.83. The number of hydrogen-bond donors (Lipinski definition) is 4. The maximum Gasteiger partial charge on any atom is 0.267 e. The summed E-state index contributed by atoms with van der Waals surface area (Å²) in [5, 5.41) is 3.76. The van der Waals surface area contributed by atoms with E-state index in [1.165, 1.54) is 18.5 Å². The van der Waals surface area contributed by atoms with E-state index in [2.05, 4.69) is 21.9 Å². The van der Waals surface area contributed by atoms with Crippen molar-refractivity contribution in [3.8, 4) is 11.1 Å². The Labute approximate surface area is 169 Å². The van der Waals surface area contributed by atoms with Crippen LogP contribution in [0.1, 0.15) is 23.3 Å². The molecule has 0 aliphatic heterocycles. The average Bonchev–Trinajstić information content (AvgIpc) is 3.17. The smallest absolute Gasteiger partial charge is 0.267 e. The average molecular weight is 405 g/mol. The highest BCUT2D eigenvalue weighted by Crippen LogP contribution is 2.29. The molecule has 1 amide bonds. The summed E-state index contributed by atoms with van der Waals surface area (Å²) >= 11 is 4.64. The number of benzene rings is 2. The Morgan fingerprint density at radius 1 is 1.21 bits per heavy atom. The van der Waals surface area contributed by atoms with Crippen LogP contribution < -0.4 is 16.8 Å². The van der Waals surface area contributed by atoms with Crippen molar-refractivity contribution in [3.63, 3.8) is 0 Å². The zero-order valence-electron chi connectivity index (χ0n) is 15.8. The van der Waals surface area contributed by atoms with Crippen molar-refractivity contribution in [1.82, 2.24) is 10.3 Å². The SMILES string of the molecule is CCl.NCCCC(N)CNC(=O)c1cc2c(-c3ccc(F)cc3)cccc2[nH]1. The molecule has 3 rings (SSSR count). The number of carbonyl (C=O) groups excluding carboxylic acids is 1. The Bertz CT molecular complexity index is 895. The lowest BCUT2D eigenvalue weighted by Gasteiger charge is -2.11. The highest BCUT2D eigenvalue weighted by Gasteiger charge is 2.13. The predicted molar refractivity (Wildman–Crippen MR) is 114 cm³/mol. The molecule has 1 heterocycles. The largest absolute Gasteiger partial charge is 0.351 e. The quantitative estimate of drug-likeness (QED) is 0.453. The number of carbonyl (C=O) groups is 1. The maximum absolute atomic E-state index is 13.2. The fraction of sp³-hybridized carbons (Fsp3) is 0.286. The van der Waals surface area contributed by atoms with E-state index in [0.29, 0.717) is 18.8 Å². The molecule has 1 aromatic heterocycles. The molecule has 0 saturated heterocycles. The number of H-pyrrole nitrogens is 1.